The first kappa shape index (κ1) is 9.17. The van der Waals surface area contributed by atoms with Gasteiger partial charge in [-0.25, -0.2) is 4.98 Å². The standard InChI is InChI=1S/C11H14ClNS/c1-10(2)6-4-5-11(10,3)8-7(6)14-9(12)13-8/h6H,4-5H2,1-3H3/t6-,11+/m1/s1. The topological polar surface area (TPSA) is 12.9 Å². The molecule has 76 valence electrons. The Kier molecular flexibility index (Phi) is 1.54. The summed E-state index contributed by atoms with van der Waals surface area (Å²) in [5.74, 6) is 0.701. The van der Waals surface area contributed by atoms with E-state index in [0.717, 1.165) is 4.47 Å². The lowest BCUT2D eigenvalue weighted by molar-refractivity contribution is 0.227. The minimum Gasteiger partial charge on any atom is -0.229 e. The zero-order chi connectivity index (χ0) is 10.1. The highest BCUT2D eigenvalue weighted by Crippen LogP contribution is 2.68. The molecule has 0 aliphatic heterocycles. The van der Waals surface area contributed by atoms with Gasteiger partial charge in [-0.3, -0.25) is 0 Å². The Morgan fingerprint density at radius 1 is 1.43 bits per heavy atom. The molecule has 3 rings (SSSR count). The highest BCUT2D eigenvalue weighted by molar-refractivity contribution is 7.16. The fraction of sp³-hybridized carbons (Fsp3) is 0.727. The molecule has 3 heteroatoms. The Morgan fingerprint density at radius 3 is 2.79 bits per heavy atom. The number of thiazole rings is 1. The smallest absolute Gasteiger partial charge is 0.184 e. The molecule has 0 amide bonds. The normalized spacial score (nSPS) is 37.6. The molecule has 1 aromatic rings. The summed E-state index contributed by atoms with van der Waals surface area (Å²) in [5.41, 5.74) is 1.95. The first-order valence-corrected chi connectivity index (χ1v) is 6.33. The summed E-state index contributed by atoms with van der Waals surface area (Å²) < 4.78 is 0.726. The maximum atomic E-state index is 6.00. The molecule has 2 bridgehead atoms. The Hall–Kier alpha value is -0.0800. The maximum absolute atomic E-state index is 6.00. The zero-order valence-electron chi connectivity index (χ0n) is 8.72. The van der Waals surface area contributed by atoms with Gasteiger partial charge in [0.1, 0.15) is 0 Å². The predicted molar refractivity (Wildman–Crippen MR) is 60.2 cm³/mol. The first-order valence-electron chi connectivity index (χ1n) is 5.13. The van der Waals surface area contributed by atoms with E-state index in [1.165, 1.54) is 23.4 Å². The third-order valence-corrected chi connectivity index (χ3v) is 5.97. The molecule has 1 fully saturated rings. The fourth-order valence-electron chi connectivity index (χ4n) is 3.32. The number of hydrogen-bond acceptors (Lipinski definition) is 2. The molecular weight excluding hydrogens is 214 g/mol. The van der Waals surface area contributed by atoms with Crippen molar-refractivity contribution in [3.8, 4) is 0 Å². The fourth-order valence-corrected chi connectivity index (χ4v) is 4.89. The van der Waals surface area contributed by atoms with Gasteiger partial charge in [-0.1, -0.05) is 32.4 Å². The number of hydrogen-bond donors (Lipinski definition) is 0. The molecule has 2 atom stereocenters. The van der Waals surface area contributed by atoms with Crippen LogP contribution in [0.4, 0.5) is 0 Å². The van der Waals surface area contributed by atoms with Crippen LogP contribution in [-0.4, -0.2) is 4.98 Å². The molecule has 0 spiro atoms. The number of nitrogens with zero attached hydrogens (tertiary/aromatic N) is 1. The third kappa shape index (κ3) is 0.772. The number of rotatable bonds is 0. The van der Waals surface area contributed by atoms with Crippen LogP contribution in [0.3, 0.4) is 0 Å². The van der Waals surface area contributed by atoms with E-state index in [0.29, 0.717) is 11.3 Å². The van der Waals surface area contributed by atoms with Gasteiger partial charge in [0.15, 0.2) is 4.47 Å². The van der Waals surface area contributed by atoms with Crippen molar-refractivity contribution in [2.75, 3.05) is 0 Å². The minimum absolute atomic E-state index is 0.274. The molecule has 0 N–H and O–H groups in total. The van der Waals surface area contributed by atoms with Crippen LogP contribution in [-0.2, 0) is 5.41 Å². The monoisotopic (exact) mass is 227 g/mol. The maximum Gasteiger partial charge on any atom is 0.184 e. The molecule has 14 heavy (non-hydrogen) atoms. The second-order valence-electron chi connectivity index (χ2n) is 5.32. The van der Waals surface area contributed by atoms with E-state index in [1.807, 2.05) is 0 Å². The number of fused-ring (bicyclic) bond motifs is 5. The quantitative estimate of drug-likeness (QED) is 0.654. The predicted octanol–water partition coefficient (Wildman–Crippen LogP) is 3.97. The van der Waals surface area contributed by atoms with Crippen LogP contribution in [0, 0.1) is 5.41 Å². The minimum atomic E-state index is 0.274. The van der Waals surface area contributed by atoms with Crippen molar-refractivity contribution >= 4 is 22.9 Å². The Morgan fingerprint density at radius 2 is 2.14 bits per heavy atom. The van der Waals surface area contributed by atoms with Crippen LogP contribution in [0.15, 0.2) is 0 Å². The van der Waals surface area contributed by atoms with E-state index in [2.05, 4.69) is 25.8 Å². The van der Waals surface area contributed by atoms with Gasteiger partial charge >= 0.3 is 0 Å². The summed E-state index contributed by atoms with van der Waals surface area (Å²) in [4.78, 5) is 5.99. The van der Waals surface area contributed by atoms with Gasteiger partial charge in [-0.15, -0.1) is 11.3 Å². The number of aromatic nitrogens is 1. The van der Waals surface area contributed by atoms with Crippen molar-refractivity contribution in [2.45, 2.75) is 44.9 Å². The Bertz CT molecular complexity index is 409. The molecule has 2 aliphatic rings. The molecule has 0 saturated heterocycles. The molecule has 0 aromatic carbocycles. The van der Waals surface area contributed by atoms with E-state index in [1.54, 1.807) is 11.3 Å². The van der Waals surface area contributed by atoms with Gasteiger partial charge in [-0.05, 0) is 18.3 Å². The van der Waals surface area contributed by atoms with Crippen LogP contribution in [0.25, 0.3) is 0 Å². The molecule has 1 heterocycles. The van der Waals surface area contributed by atoms with E-state index >= 15 is 0 Å². The second-order valence-corrected chi connectivity index (χ2v) is 6.94. The molecule has 0 radical (unpaired) electrons. The Balaban J connectivity index is 2.28. The Labute approximate surface area is 93.5 Å². The van der Waals surface area contributed by atoms with Crippen molar-refractivity contribution in [3.63, 3.8) is 0 Å². The van der Waals surface area contributed by atoms with Crippen LogP contribution >= 0.6 is 22.9 Å². The van der Waals surface area contributed by atoms with Gasteiger partial charge in [0.2, 0.25) is 0 Å². The molecule has 0 unspecified atom stereocenters. The van der Waals surface area contributed by atoms with Crippen molar-refractivity contribution in [1.82, 2.24) is 4.98 Å². The lowest BCUT2D eigenvalue weighted by Crippen LogP contribution is -2.31. The third-order valence-electron chi connectivity index (χ3n) is 4.69. The second kappa shape index (κ2) is 2.35. The lowest BCUT2D eigenvalue weighted by atomic mass is 9.70. The van der Waals surface area contributed by atoms with E-state index < -0.39 is 0 Å². The summed E-state index contributed by atoms with van der Waals surface area (Å²) in [6.07, 6.45) is 2.59. The van der Waals surface area contributed by atoms with E-state index in [9.17, 15) is 0 Å². The molecule has 1 nitrogen and oxygen atoms in total. The lowest BCUT2D eigenvalue weighted by Gasteiger charge is -2.34. The van der Waals surface area contributed by atoms with Crippen molar-refractivity contribution < 1.29 is 0 Å². The van der Waals surface area contributed by atoms with E-state index in [4.69, 9.17) is 11.6 Å². The summed E-state index contributed by atoms with van der Waals surface area (Å²) >= 11 is 7.69. The van der Waals surface area contributed by atoms with Crippen molar-refractivity contribution in [2.24, 2.45) is 5.41 Å². The average molecular weight is 228 g/mol. The van der Waals surface area contributed by atoms with Gasteiger partial charge in [-0.2, -0.15) is 0 Å². The molecule has 1 aromatic heterocycles. The van der Waals surface area contributed by atoms with Crippen LogP contribution in [0.5, 0.6) is 0 Å². The van der Waals surface area contributed by atoms with Crippen LogP contribution in [0.2, 0.25) is 4.47 Å². The van der Waals surface area contributed by atoms with E-state index in [-0.39, 0.29) is 5.41 Å². The van der Waals surface area contributed by atoms with Gasteiger partial charge in [0.05, 0.1) is 5.69 Å². The summed E-state index contributed by atoms with van der Waals surface area (Å²) in [7, 11) is 0. The summed E-state index contributed by atoms with van der Waals surface area (Å²) in [6, 6.07) is 0. The largest absolute Gasteiger partial charge is 0.229 e. The first-order chi connectivity index (χ1) is 6.47. The molecule has 2 aliphatic carbocycles. The molecular formula is C11H14ClNS. The van der Waals surface area contributed by atoms with Crippen molar-refractivity contribution in [3.05, 3.63) is 15.0 Å². The zero-order valence-corrected chi connectivity index (χ0v) is 10.3. The highest BCUT2D eigenvalue weighted by atomic mass is 35.5. The van der Waals surface area contributed by atoms with Crippen LogP contribution < -0.4 is 0 Å². The SMILES string of the molecule is CC1(C)[C@@H]2CC[C@@]1(C)c1nc(Cl)sc12. The van der Waals surface area contributed by atoms with Crippen LogP contribution in [0.1, 0.15) is 50.1 Å². The highest BCUT2D eigenvalue weighted by Gasteiger charge is 2.61. The molecule has 1 saturated carbocycles. The van der Waals surface area contributed by atoms with Crippen molar-refractivity contribution in [1.29, 1.82) is 0 Å². The van der Waals surface area contributed by atoms with Gasteiger partial charge in [0, 0.05) is 16.2 Å². The van der Waals surface area contributed by atoms with Gasteiger partial charge in [0.25, 0.3) is 0 Å². The average Bonchev–Trinajstić information content (AvgIpc) is 2.59. The van der Waals surface area contributed by atoms with Gasteiger partial charge < -0.3 is 0 Å². The summed E-state index contributed by atoms with van der Waals surface area (Å²) in [5, 5.41) is 0. The summed E-state index contributed by atoms with van der Waals surface area (Å²) in [6.45, 7) is 7.12. The number of halogens is 1.